The summed E-state index contributed by atoms with van der Waals surface area (Å²) in [7, 11) is 0. The zero-order chi connectivity index (χ0) is 24.7. The summed E-state index contributed by atoms with van der Waals surface area (Å²) in [6, 6.07) is 7.50. The first kappa shape index (κ1) is 22.6. The first-order chi connectivity index (χ1) is 16.7. The lowest BCUT2D eigenvalue weighted by Crippen LogP contribution is -2.32. The minimum atomic E-state index is -4.73. The summed E-state index contributed by atoms with van der Waals surface area (Å²) in [6.45, 7) is 0.491. The summed E-state index contributed by atoms with van der Waals surface area (Å²) in [6.07, 6.45) is -2.30. The molecule has 0 radical (unpaired) electrons. The van der Waals surface area contributed by atoms with Gasteiger partial charge < -0.3 is 16.0 Å². The second-order valence-corrected chi connectivity index (χ2v) is 8.10. The fourth-order valence-corrected chi connectivity index (χ4v) is 4.18. The van der Waals surface area contributed by atoms with E-state index in [9.17, 15) is 22.4 Å². The molecule has 12 heteroatoms. The van der Waals surface area contributed by atoms with Gasteiger partial charge in [0.1, 0.15) is 11.6 Å². The Kier molecular flexibility index (Phi) is 5.50. The summed E-state index contributed by atoms with van der Waals surface area (Å²) in [5.41, 5.74) is 6.25. The maximum Gasteiger partial charge on any atom is 0.416 e. The van der Waals surface area contributed by atoms with E-state index in [0.29, 0.717) is 24.9 Å². The average Bonchev–Trinajstić information content (AvgIpc) is 3.29. The third kappa shape index (κ3) is 4.22. The highest BCUT2D eigenvalue weighted by Crippen LogP contribution is 2.34. The van der Waals surface area contributed by atoms with Crippen molar-refractivity contribution < 1.29 is 22.4 Å². The van der Waals surface area contributed by atoms with Gasteiger partial charge in [-0.05, 0) is 36.2 Å². The van der Waals surface area contributed by atoms with Gasteiger partial charge in [-0.25, -0.2) is 9.37 Å². The number of benzene rings is 2. The molecule has 2 aromatic heterocycles. The number of aromatic nitrogens is 4. The zero-order valence-corrected chi connectivity index (χ0v) is 18.2. The van der Waals surface area contributed by atoms with Crippen LogP contribution in [0.3, 0.4) is 0 Å². The van der Waals surface area contributed by atoms with Gasteiger partial charge in [0.05, 0.1) is 35.1 Å². The predicted octanol–water partition coefficient (Wildman–Crippen LogP) is 3.78. The number of para-hydroxylation sites is 1. The van der Waals surface area contributed by atoms with E-state index in [1.807, 2.05) is 4.90 Å². The van der Waals surface area contributed by atoms with Crippen molar-refractivity contribution in [3.8, 4) is 0 Å². The van der Waals surface area contributed by atoms with Crippen LogP contribution in [0.15, 0.2) is 42.6 Å². The number of alkyl halides is 3. The number of amides is 1. The van der Waals surface area contributed by atoms with E-state index < -0.39 is 35.6 Å². The monoisotopic (exact) mass is 485 g/mol. The fraction of sp³-hybridized carbons (Fsp3) is 0.217. The molecule has 1 amide bonds. The van der Waals surface area contributed by atoms with Gasteiger partial charge in [-0.15, -0.1) is 0 Å². The number of hydrogen-bond donors (Lipinski definition) is 3. The number of fused-ring (bicyclic) bond motifs is 2. The quantitative estimate of drug-likeness (QED) is 0.371. The molecule has 4 N–H and O–H groups in total. The summed E-state index contributed by atoms with van der Waals surface area (Å²) < 4.78 is 54.8. The second-order valence-electron chi connectivity index (χ2n) is 8.10. The molecule has 0 saturated carbocycles. The molecular formula is C23H19F4N7O. The fourth-order valence-electron chi connectivity index (χ4n) is 4.18. The molecule has 0 aliphatic carbocycles. The van der Waals surface area contributed by atoms with Crippen molar-refractivity contribution in [3.05, 3.63) is 76.4 Å². The van der Waals surface area contributed by atoms with E-state index in [1.165, 1.54) is 6.07 Å². The van der Waals surface area contributed by atoms with Crippen LogP contribution in [0, 0.1) is 5.82 Å². The Hall–Kier alpha value is -4.22. The molecule has 1 aliphatic rings. The topological polar surface area (TPSA) is 113 Å². The summed E-state index contributed by atoms with van der Waals surface area (Å²) in [5, 5.41) is 10.2. The van der Waals surface area contributed by atoms with Gasteiger partial charge >= 0.3 is 6.18 Å². The zero-order valence-electron chi connectivity index (χ0n) is 18.2. The van der Waals surface area contributed by atoms with Crippen LogP contribution in [0.4, 0.5) is 29.3 Å². The van der Waals surface area contributed by atoms with Crippen LogP contribution in [-0.2, 0) is 25.7 Å². The Bertz CT molecular complexity index is 1430. The summed E-state index contributed by atoms with van der Waals surface area (Å²) in [4.78, 5) is 23.0. The SMILES string of the molecule is NC(=O)c1cccc2c(NCc3c(F)cccc3C(F)(F)F)nc(N3CCc4cn[nH]c4C3)nc12. The molecule has 4 aromatic rings. The molecule has 8 nitrogen and oxygen atoms in total. The van der Waals surface area contributed by atoms with E-state index in [1.54, 1.807) is 18.3 Å². The van der Waals surface area contributed by atoms with Crippen LogP contribution in [0.25, 0.3) is 10.9 Å². The number of hydrogen-bond acceptors (Lipinski definition) is 6. The van der Waals surface area contributed by atoms with E-state index in [0.717, 1.165) is 29.5 Å². The van der Waals surface area contributed by atoms with Crippen molar-refractivity contribution in [3.63, 3.8) is 0 Å². The molecule has 2 aromatic carbocycles. The molecule has 180 valence electrons. The highest BCUT2D eigenvalue weighted by molar-refractivity contribution is 6.07. The number of nitrogens with zero attached hydrogens (tertiary/aromatic N) is 4. The van der Waals surface area contributed by atoms with Crippen molar-refractivity contribution in [1.82, 2.24) is 20.2 Å². The number of anilines is 2. The lowest BCUT2D eigenvalue weighted by atomic mass is 10.1. The molecule has 0 spiro atoms. The van der Waals surface area contributed by atoms with E-state index in [-0.39, 0.29) is 22.8 Å². The van der Waals surface area contributed by atoms with Gasteiger partial charge in [0, 0.05) is 24.0 Å². The summed E-state index contributed by atoms with van der Waals surface area (Å²) in [5.74, 6) is -1.31. The maximum absolute atomic E-state index is 14.4. The smallest absolute Gasteiger partial charge is 0.366 e. The largest absolute Gasteiger partial charge is 0.416 e. The number of H-pyrrole nitrogens is 1. The molecule has 0 saturated heterocycles. The number of nitrogens with one attached hydrogen (secondary N) is 2. The third-order valence-electron chi connectivity index (χ3n) is 5.93. The number of nitrogens with two attached hydrogens (primary N) is 1. The van der Waals surface area contributed by atoms with Gasteiger partial charge in [0.25, 0.3) is 5.91 Å². The minimum Gasteiger partial charge on any atom is -0.366 e. The second kappa shape index (κ2) is 8.53. The van der Waals surface area contributed by atoms with Crippen molar-refractivity contribution in [2.75, 3.05) is 16.8 Å². The van der Waals surface area contributed by atoms with Crippen LogP contribution in [0.5, 0.6) is 0 Å². The molecule has 0 atom stereocenters. The Morgan fingerprint density at radius 3 is 2.74 bits per heavy atom. The number of primary amides is 1. The Morgan fingerprint density at radius 2 is 1.97 bits per heavy atom. The highest BCUT2D eigenvalue weighted by Gasteiger charge is 2.34. The van der Waals surface area contributed by atoms with E-state index in [4.69, 9.17) is 5.73 Å². The lowest BCUT2D eigenvalue weighted by Gasteiger charge is -2.27. The predicted molar refractivity (Wildman–Crippen MR) is 120 cm³/mol. The Morgan fingerprint density at radius 1 is 1.17 bits per heavy atom. The number of rotatable bonds is 5. The van der Waals surface area contributed by atoms with Gasteiger partial charge in [-0.3, -0.25) is 9.89 Å². The van der Waals surface area contributed by atoms with Crippen LogP contribution >= 0.6 is 0 Å². The lowest BCUT2D eigenvalue weighted by molar-refractivity contribution is -0.138. The number of carbonyl (C=O) groups is 1. The van der Waals surface area contributed by atoms with Crippen molar-refractivity contribution in [2.45, 2.75) is 25.7 Å². The van der Waals surface area contributed by atoms with Gasteiger partial charge in [-0.2, -0.15) is 23.3 Å². The molecule has 35 heavy (non-hydrogen) atoms. The molecule has 0 unspecified atom stereocenters. The van der Waals surface area contributed by atoms with Crippen LogP contribution in [-0.4, -0.2) is 32.6 Å². The number of carbonyl (C=O) groups excluding carboxylic acids is 1. The van der Waals surface area contributed by atoms with Crippen LogP contribution < -0.4 is 16.0 Å². The van der Waals surface area contributed by atoms with E-state index in [2.05, 4.69) is 25.5 Å². The average molecular weight is 485 g/mol. The third-order valence-corrected chi connectivity index (χ3v) is 5.93. The van der Waals surface area contributed by atoms with Crippen LogP contribution in [0.1, 0.15) is 32.7 Å². The first-order valence-corrected chi connectivity index (χ1v) is 10.7. The number of halogens is 4. The Labute approximate surface area is 196 Å². The Balaban J connectivity index is 1.58. The minimum absolute atomic E-state index is 0.135. The summed E-state index contributed by atoms with van der Waals surface area (Å²) >= 11 is 0. The maximum atomic E-state index is 14.4. The standard InChI is InChI=1S/C23H19F4N7O/c24-17-6-2-5-16(23(25,26)27)15(17)10-29-21-14-4-1-3-13(20(28)35)19(14)31-22(32-21)34-8-7-12-9-30-33-18(12)11-34/h1-6,9H,7-8,10-11H2,(H2,28,35)(H,30,33)(H,29,31,32). The molecule has 0 bridgehead atoms. The van der Waals surface area contributed by atoms with Crippen molar-refractivity contribution in [1.29, 1.82) is 0 Å². The normalized spacial score (nSPS) is 13.7. The van der Waals surface area contributed by atoms with Crippen LogP contribution in [0.2, 0.25) is 0 Å². The molecule has 3 heterocycles. The molecule has 1 aliphatic heterocycles. The number of aromatic amines is 1. The van der Waals surface area contributed by atoms with Gasteiger partial charge in [0.2, 0.25) is 5.95 Å². The van der Waals surface area contributed by atoms with Crippen molar-refractivity contribution in [2.24, 2.45) is 5.73 Å². The first-order valence-electron chi connectivity index (χ1n) is 10.7. The molecular weight excluding hydrogens is 466 g/mol. The van der Waals surface area contributed by atoms with E-state index >= 15 is 0 Å². The van der Waals surface area contributed by atoms with Crippen molar-refractivity contribution >= 4 is 28.6 Å². The highest BCUT2D eigenvalue weighted by atomic mass is 19.4. The van der Waals surface area contributed by atoms with Gasteiger partial charge in [0.15, 0.2) is 0 Å². The van der Waals surface area contributed by atoms with Gasteiger partial charge in [-0.1, -0.05) is 12.1 Å². The molecule has 5 rings (SSSR count). The molecule has 0 fully saturated rings.